The summed E-state index contributed by atoms with van der Waals surface area (Å²) in [5, 5.41) is 10.6. The van der Waals surface area contributed by atoms with E-state index in [1.807, 2.05) is 0 Å². The van der Waals surface area contributed by atoms with Crippen molar-refractivity contribution in [2.75, 3.05) is 27.1 Å². The van der Waals surface area contributed by atoms with Crippen LogP contribution in [0.4, 0.5) is 0 Å². The van der Waals surface area contributed by atoms with Gasteiger partial charge in [0.25, 0.3) is 10.1 Å². The fraction of sp³-hybridized carbons (Fsp3) is 0.632. The molecule has 1 aliphatic heterocycles. The summed E-state index contributed by atoms with van der Waals surface area (Å²) in [4.78, 5) is 12.4. The number of carbonyl (C=O) groups is 1. The van der Waals surface area contributed by atoms with Gasteiger partial charge in [-0.2, -0.15) is 13.1 Å². The minimum atomic E-state index is -4.19. The second-order valence-corrected chi connectivity index (χ2v) is 11.4. The molecule has 1 aromatic rings. The predicted molar refractivity (Wildman–Crippen MR) is 113 cm³/mol. The molecule has 0 spiro atoms. The fourth-order valence-corrected chi connectivity index (χ4v) is 5.12. The molecule has 32 heavy (non-hydrogen) atoms. The molecule has 0 saturated carbocycles. The summed E-state index contributed by atoms with van der Waals surface area (Å²) in [7, 11) is -5.48. The molecule has 182 valence electrons. The first-order valence-electron chi connectivity index (χ1n) is 9.63. The molecule has 0 bridgehead atoms. The topological polar surface area (TPSA) is 155 Å². The van der Waals surface area contributed by atoms with E-state index in [-0.39, 0.29) is 11.3 Å². The van der Waals surface area contributed by atoms with Crippen LogP contribution in [0.3, 0.4) is 0 Å². The van der Waals surface area contributed by atoms with Gasteiger partial charge in [0.15, 0.2) is 0 Å². The molecule has 1 aromatic carbocycles. The number of hydrogen-bond donors (Lipinski definition) is 2. The summed E-state index contributed by atoms with van der Waals surface area (Å²) in [6, 6.07) is 4.01. The normalized spacial score (nSPS) is 22.8. The summed E-state index contributed by atoms with van der Waals surface area (Å²) >= 11 is 0. The number of aliphatic hydroxyl groups excluding tert-OH is 1. The summed E-state index contributed by atoms with van der Waals surface area (Å²) < 4.78 is 71.1. The molecule has 2 rings (SSSR count). The van der Waals surface area contributed by atoms with Crippen LogP contribution in [0.5, 0.6) is 5.75 Å². The third-order valence-corrected chi connectivity index (χ3v) is 7.01. The monoisotopic (exact) mass is 495 g/mol. The van der Waals surface area contributed by atoms with Crippen LogP contribution in [0, 0.1) is 5.92 Å². The van der Waals surface area contributed by atoms with Crippen LogP contribution >= 0.6 is 0 Å². The summed E-state index contributed by atoms with van der Waals surface area (Å²) in [5.41, 5.74) is -0.834. The number of carbonyl (C=O) groups excluding carboxylic acids is 1. The Hall–Kier alpha value is -1.77. The number of aliphatic hydroxyl groups is 1. The van der Waals surface area contributed by atoms with Crippen LogP contribution in [-0.4, -0.2) is 78.8 Å². The smallest absolute Gasteiger partial charge is 0.326 e. The largest absolute Gasteiger partial charge is 0.497 e. The molecule has 13 heteroatoms. The lowest BCUT2D eigenvalue weighted by Gasteiger charge is -2.29. The van der Waals surface area contributed by atoms with Crippen molar-refractivity contribution in [3.05, 3.63) is 24.3 Å². The van der Waals surface area contributed by atoms with Crippen molar-refractivity contribution in [1.82, 2.24) is 4.72 Å². The average molecular weight is 496 g/mol. The SMILES string of the molecule is COC(=O)[C@H](NS(=O)(=O)c1ccc(OC)cc1)[C@@H]1OC(C)(C)C[C@H]1[C@H](O)COS(C)(=O)=O. The number of ether oxygens (including phenoxy) is 3. The van der Waals surface area contributed by atoms with Crippen LogP contribution in [0.25, 0.3) is 0 Å². The van der Waals surface area contributed by atoms with Crippen LogP contribution in [-0.2, 0) is 38.6 Å². The van der Waals surface area contributed by atoms with Gasteiger partial charge < -0.3 is 19.3 Å². The third-order valence-electron chi connectivity index (χ3n) is 4.99. The van der Waals surface area contributed by atoms with Crippen LogP contribution in [0.2, 0.25) is 0 Å². The molecule has 1 aliphatic rings. The van der Waals surface area contributed by atoms with Crippen molar-refractivity contribution < 1.29 is 45.1 Å². The Morgan fingerprint density at radius 2 is 1.81 bits per heavy atom. The number of rotatable bonds is 10. The Morgan fingerprint density at radius 1 is 1.22 bits per heavy atom. The molecule has 1 fully saturated rings. The zero-order chi connectivity index (χ0) is 24.3. The van der Waals surface area contributed by atoms with Gasteiger partial charge in [-0.3, -0.25) is 8.98 Å². The second-order valence-electron chi connectivity index (χ2n) is 8.06. The van der Waals surface area contributed by atoms with Crippen LogP contribution in [0.1, 0.15) is 20.3 Å². The van der Waals surface area contributed by atoms with E-state index in [0.717, 1.165) is 13.4 Å². The summed E-state index contributed by atoms with van der Waals surface area (Å²) in [6.07, 6.45) is -1.45. The van der Waals surface area contributed by atoms with Gasteiger partial charge in [-0.05, 0) is 44.5 Å². The number of benzene rings is 1. The number of hydrogen-bond acceptors (Lipinski definition) is 10. The minimum Gasteiger partial charge on any atom is -0.497 e. The molecule has 0 radical (unpaired) electrons. The first kappa shape index (κ1) is 26.5. The van der Waals surface area contributed by atoms with E-state index >= 15 is 0 Å². The number of nitrogens with one attached hydrogen (secondary N) is 1. The highest BCUT2D eigenvalue weighted by molar-refractivity contribution is 7.89. The van der Waals surface area contributed by atoms with E-state index in [9.17, 15) is 26.7 Å². The molecular weight excluding hydrogens is 466 g/mol. The Kier molecular flexibility index (Phi) is 8.29. The van der Waals surface area contributed by atoms with Gasteiger partial charge in [0.1, 0.15) is 11.8 Å². The third kappa shape index (κ3) is 6.86. The predicted octanol–water partition coefficient (Wildman–Crippen LogP) is 0.0359. The molecule has 4 atom stereocenters. The lowest BCUT2D eigenvalue weighted by molar-refractivity contribution is -0.149. The Morgan fingerprint density at radius 3 is 2.31 bits per heavy atom. The zero-order valence-electron chi connectivity index (χ0n) is 18.5. The molecular formula is C19H29NO10S2. The average Bonchev–Trinajstić information content (AvgIpc) is 3.04. The quantitative estimate of drug-likeness (QED) is 0.336. The maximum Gasteiger partial charge on any atom is 0.326 e. The highest BCUT2D eigenvalue weighted by Gasteiger charge is 2.50. The number of sulfonamides is 1. The number of esters is 1. The first-order valence-corrected chi connectivity index (χ1v) is 12.9. The Balaban J connectivity index is 2.35. The van der Waals surface area contributed by atoms with Gasteiger partial charge in [0.05, 0.1) is 49.8 Å². The van der Waals surface area contributed by atoms with Gasteiger partial charge in [0, 0.05) is 5.92 Å². The lowest BCUT2D eigenvalue weighted by atomic mass is 9.87. The minimum absolute atomic E-state index is 0.123. The number of methoxy groups -OCH3 is 2. The van der Waals surface area contributed by atoms with E-state index in [1.54, 1.807) is 13.8 Å². The molecule has 1 saturated heterocycles. The van der Waals surface area contributed by atoms with Crippen molar-refractivity contribution in [1.29, 1.82) is 0 Å². The van der Waals surface area contributed by atoms with Crippen molar-refractivity contribution in [2.45, 2.75) is 49.0 Å². The van der Waals surface area contributed by atoms with E-state index in [0.29, 0.717) is 5.75 Å². The van der Waals surface area contributed by atoms with Gasteiger partial charge in [-0.15, -0.1) is 0 Å². The van der Waals surface area contributed by atoms with Gasteiger partial charge >= 0.3 is 5.97 Å². The Labute approximate surface area is 188 Å². The van der Waals surface area contributed by atoms with Gasteiger partial charge in [-0.1, -0.05) is 0 Å². The van der Waals surface area contributed by atoms with Crippen LogP contribution < -0.4 is 9.46 Å². The van der Waals surface area contributed by atoms with Crippen molar-refractivity contribution in [3.63, 3.8) is 0 Å². The van der Waals surface area contributed by atoms with Gasteiger partial charge in [0.2, 0.25) is 10.0 Å². The molecule has 0 aliphatic carbocycles. The van der Waals surface area contributed by atoms with Crippen molar-refractivity contribution >= 4 is 26.1 Å². The molecule has 0 unspecified atom stereocenters. The summed E-state index contributed by atoms with van der Waals surface area (Å²) in [5.74, 6) is -1.30. The second kappa shape index (κ2) is 10.0. The van der Waals surface area contributed by atoms with E-state index in [2.05, 4.69) is 8.91 Å². The lowest BCUT2D eigenvalue weighted by Crippen LogP contribution is -2.53. The van der Waals surface area contributed by atoms with E-state index in [4.69, 9.17) is 14.2 Å². The summed E-state index contributed by atoms with van der Waals surface area (Å²) in [6.45, 7) is 2.84. The maximum absolute atomic E-state index is 12.9. The molecule has 11 nitrogen and oxygen atoms in total. The zero-order valence-corrected chi connectivity index (χ0v) is 20.1. The van der Waals surface area contributed by atoms with Crippen molar-refractivity contribution in [2.24, 2.45) is 5.92 Å². The highest BCUT2D eigenvalue weighted by atomic mass is 32.2. The van der Waals surface area contributed by atoms with E-state index in [1.165, 1.54) is 31.4 Å². The first-order chi connectivity index (χ1) is 14.7. The van der Waals surface area contributed by atoms with Crippen molar-refractivity contribution in [3.8, 4) is 5.75 Å². The molecule has 2 N–H and O–H groups in total. The molecule has 0 aromatic heterocycles. The fourth-order valence-electron chi connectivity index (χ4n) is 3.54. The maximum atomic E-state index is 12.9. The molecule has 0 amide bonds. The highest BCUT2D eigenvalue weighted by Crippen LogP contribution is 2.39. The Bertz CT molecular complexity index is 1010. The standard InChI is InChI=1S/C19H29NO10S2/c1-19(2)10-14(15(21)11-29-31(5,23)24)17(30-19)16(18(22)28-4)20-32(25,26)13-8-6-12(27-3)7-9-13/h6-9,14-17,20-21H,10-11H2,1-5H3/t14-,15+,16+,17+/m0/s1. The van der Waals surface area contributed by atoms with Gasteiger partial charge in [-0.25, -0.2) is 8.42 Å². The van der Waals surface area contributed by atoms with Crippen LogP contribution in [0.15, 0.2) is 29.2 Å². The van der Waals surface area contributed by atoms with E-state index < -0.39 is 62.5 Å². The molecule has 1 heterocycles.